The zero-order chi connectivity index (χ0) is 35.9. The van der Waals surface area contributed by atoms with Gasteiger partial charge in [-0.2, -0.15) is 0 Å². The third kappa shape index (κ3) is 5.17. The fraction of sp³-hybridized carbons (Fsp3) is 0.0870. The Balaban J connectivity index is 1.15. The van der Waals surface area contributed by atoms with Gasteiger partial charge in [-0.3, -0.25) is 0 Å². The Labute approximate surface area is 321 Å². The molecule has 0 spiro atoms. The number of benzene rings is 7. The van der Waals surface area contributed by atoms with Crippen LogP contribution in [0, 0.1) is 0 Å². The average Bonchev–Trinajstić information content (AvgIpc) is 3.18. The molecule has 7 aromatic rings. The molecule has 0 aromatic heterocycles. The predicted molar refractivity (Wildman–Crippen MR) is 228 cm³/mol. The number of hydrogen-bond donors (Lipinski definition) is 0. The lowest BCUT2D eigenvalue weighted by atomic mass is 10.0. The normalized spacial score (nSPS) is 15.2. The molecule has 0 fully saturated rings. The number of nitrogens with zero attached hydrogens (tertiary/aromatic N) is 1. The minimum Gasteiger partial charge on any atom is -0.455 e. The summed E-state index contributed by atoms with van der Waals surface area (Å²) >= 11 is 3.69. The van der Waals surface area contributed by atoms with E-state index < -0.39 is 16.1 Å². The van der Waals surface area contributed by atoms with E-state index in [1.807, 2.05) is 23.9 Å². The number of anilines is 3. The van der Waals surface area contributed by atoms with Crippen molar-refractivity contribution >= 4 is 77.5 Å². The van der Waals surface area contributed by atoms with Gasteiger partial charge in [0.2, 0.25) is 0 Å². The van der Waals surface area contributed by atoms with Crippen LogP contribution in [0.1, 0.15) is 0 Å². The van der Waals surface area contributed by atoms with Crippen LogP contribution in [-0.2, 0) is 0 Å². The molecule has 7 aromatic carbocycles. The maximum atomic E-state index is 6.97. The Bertz CT molecular complexity index is 2490. The van der Waals surface area contributed by atoms with Gasteiger partial charge in [-0.25, -0.2) is 0 Å². The topological polar surface area (TPSA) is 21.7 Å². The van der Waals surface area contributed by atoms with E-state index in [9.17, 15) is 0 Å². The molecule has 3 nitrogen and oxygen atoms in total. The first-order valence-electron chi connectivity index (χ1n) is 18.1. The van der Waals surface area contributed by atoms with Crippen molar-refractivity contribution in [2.45, 2.75) is 45.8 Å². The first-order valence-corrected chi connectivity index (χ1v) is 25.7. The number of rotatable bonds is 4. The fourth-order valence-corrected chi connectivity index (χ4v) is 17.7. The van der Waals surface area contributed by atoms with Crippen molar-refractivity contribution in [1.29, 1.82) is 0 Å². The highest BCUT2D eigenvalue weighted by Crippen LogP contribution is 2.52. The monoisotopic (exact) mass is 755 g/mol. The second kappa shape index (κ2) is 12.3. The van der Waals surface area contributed by atoms with Crippen LogP contribution in [-0.4, -0.2) is 16.1 Å². The van der Waals surface area contributed by atoms with E-state index in [-0.39, 0.29) is 0 Å². The van der Waals surface area contributed by atoms with Crippen LogP contribution in [0.2, 0.25) is 26.2 Å². The number of hydrogen-bond acceptors (Lipinski definition) is 5. The molecule has 10 rings (SSSR count). The first kappa shape index (κ1) is 32.7. The molecule has 3 aliphatic heterocycles. The molecule has 258 valence electrons. The molecule has 0 bridgehead atoms. The molecule has 0 saturated carbocycles. The van der Waals surface area contributed by atoms with E-state index in [2.05, 4.69) is 171 Å². The van der Waals surface area contributed by atoms with Crippen LogP contribution in [0.25, 0.3) is 11.1 Å². The van der Waals surface area contributed by atoms with Crippen molar-refractivity contribution in [1.82, 2.24) is 0 Å². The van der Waals surface area contributed by atoms with Crippen LogP contribution in [0.5, 0.6) is 23.0 Å². The van der Waals surface area contributed by atoms with E-state index in [4.69, 9.17) is 9.47 Å². The van der Waals surface area contributed by atoms with E-state index in [0.29, 0.717) is 0 Å². The molecular formula is C46H37NO2S2Si2. The second-order valence-corrected chi connectivity index (χ2v) is 25.7. The first-order chi connectivity index (χ1) is 25.8. The molecular weight excluding hydrogens is 719 g/mol. The van der Waals surface area contributed by atoms with Gasteiger partial charge in [-0.05, 0) is 86.5 Å². The summed E-state index contributed by atoms with van der Waals surface area (Å²) < 4.78 is 13.3. The van der Waals surface area contributed by atoms with E-state index in [1.165, 1.54) is 41.8 Å². The summed E-state index contributed by atoms with van der Waals surface area (Å²) in [6.07, 6.45) is 0. The second-order valence-electron chi connectivity index (χ2n) is 14.9. The Morgan fingerprint density at radius 2 is 1.02 bits per heavy atom. The molecule has 0 atom stereocenters. The van der Waals surface area contributed by atoms with Crippen LogP contribution in [0.4, 0.5) is 17.1 Å². The molecule has 0 unspecified atom stereocenters. The highest BCUT2D eigenvalue weighted by molar-refractivity contribution is 8.00. The maximum absolute atomic E-state index is 6.97. The molecule has 53 heavy (non-hydrogen) atoms. The summed E-state index contributed by atoms with van der Waals surface area (Å²) in [7, 11) is -4.05. The van der Waals surface area contributed by atoms with Gasteiger partial charge in [0.25, 0.3) is 0 Å². The van der Waals surface area contributed by atoms with Crippen LogP contribution in [0.3, 0.4) is 0 Å². The van der Waals surface area contributed by atoms with Crippen LogP contribution < -0.4 is 35.1 Å². The summed E-state index contributed by atoms with van der Waals surface area (Å²) in [6.45, 7) is 9.88. The lowest BCUT2D eigenvalue weighted by Gasteiger charge is -2.39. The average molecular weight is 756 g/mol. The minimum absolute atomic E-state index is 0.900. The van der Waals surface area contributed by atoms with Crippen LogP contribution in [0.15, 0.2) is 171 Å². The Hall–Kier alpha value is -4.93. The van der Waals surface area contributed by atoms with Crippen molar-refractivity contribution in [3.05, 3.63) is 152 Å². The largest absolute Gasteiger partial charge is 0.455 e. The Morgan fingerprint density at radius 3 is 1.83 bits per heavy atom. The zero-order valence-electron chi connectivity index (χ0n) is 30.0. The van der Waals surface area contributed by atoms with Gasteiger partial charge in [0.05, 0.1) is 21.2 Å². The Morgan fingerprint density at radius 1 is 0.434 bits per heavy atom. The van der Waals surface area contributed by atoms with E-state index in [0.717, 1.165) is 49.7 Å². The molecule has 3 heterocycles. The van der Waals surface area contributed by atoms with Gasteiger partial charge in [0.15, 0.2) is 5.75 Å². The van der Waals surface area contributed by atoms with Crippen molar-refractivity contribution in [3.63, 3.8) is 0 Å². The lowest BCUT2D eigenvalue weighted by molar-refractivity contribution is 0.455. The highest BCUT2D eigenvalue weighted by Gasteiger charge is 2.40. The number of fused-ring (bicyclic) bond motifs is 6. The lowest BCUT2D eigenvalue weighted by Crippen LogP contribution is -2.56. The maximum Gasteiger partial charge on any atom is 0.151 e. The highest BCUT2D eigenvalue weighted by atomic mass is 32.2. The molecule has 0 saturated heterocycles. The van der Waals surface area contributed by atoms with Crippen LogP contribution >= 0.6 is 23.5 Å². The molecule has 0 aliphatic carbocycles. The third-order valence-corrected chi connectivity index (χ3v) is 20.9. The summed E-state index contributed by atoms with van der Waals surface area (Å²) in [5.41, 5.74) is 5.66. The van der Waals surface area contributed by atoms with Crippen molar-refractivity contribution in [2.24, 2.45) is 0 Å². The number of ether oxygens (including phenoxy) is 2. The van der Waals surface area contributed by atoms with Gasteiger partial charge in [0.1, 0.15) is 33.4 Å². The van der Waals surface area contributed by atoms with Crippen molar-refractivity contribution in [2.75, 3.05) is 4.90 Å². The summed E-state index contributed by atoms with van der Waals surface area (Å²) in [5.74, 6) is 3.75. The van der Waals surface area contributed by atoms with Gasteiger partial charge >= 0.3 is 0 Å². The zero-order valence-corrected chi connectivity index (χ0v) is 33.6. The van der Waals surface area contributed by atoms with Gasteiger partial charge in [-0.1, -0.05) is 147 Å². The molecule has 7 heteroatoms. The molecule has 3 aliphatic rings. The summed E-state index contributed by atoms with van der Waals surface area (Å²) in [6, 6.07) is 55.0. The third-order valence-electron chi connectivity index (χ3n) is 11.1. The van der Waals surface area contributed by atoms with Crippen molar-refractivity contribution < 1.29 is 9.47 Å². The standard InChI is InChI=1S/C46H37NO2S2Si2/c1-52(2)40-22-9-6-18-36(40)49-44-33(15-12-24-42(44)52)47(34-16-13-25-43-46(34)51-39-21-8-10-23-41(39)53(43,3)4)31-28-26-30(27-29-31)32-14-11-19-37-45(32)50-38-20-7-5-17-35(38)48-37/h5-29H,1-4H3. The molecule has 0 radical (unpaired) electrons. The van der Waals surface area contributed by atoms with E-state index >= 15 is 0 Å². The smallest absolute Gasteiger partial charge is 0.151 e. The fourth-order valence-electron chi connectivity index (χ4n) is 8.23. The van der Waals surface area contributed by atoms with Crippen molar-refractivity contribution in [3.8, 4) is 34.1 Å². The molecule has 0 N–H and O–H groups in total. The number of para-hydroxylation sites is 3. The van der Waals surface area contributed by atoms with Gasteiger partial charge < -0.3 is 14.4 Å². The predicted octanol–water partition coefficient (Wildman–Crippen LogP) is 11.3. The summed E-state index contributed by atoms with van der Waals surface area (Å²) in [4.78, 5) is 7.44. The van der Waals surface area contributed by atoms with Gasteiger partial charge in [-0.15, -0.1) is 0 Å². The Kier molecular flexibility index (Phi) is 7.60. The SMILES string of the molecule is C[Si]1(C)c2ccccc2Oc2c(N(c3ccc(-c4cccc5c4Sc4ccccc4O5)cc3)c3cccc4c3Sc3ccccc3[Si]4(C)C)cccc21. The minimum atomic E-state index is -2.07. The van der Waals surface area contributed by atoms with Gasteiger partial charge in [0, 0.05) is 15.5 Å². The summed E-state index contributed by atoms with van der Waals surface area (Å²) in [5, 5.41) is 5.64. The molecule has 0 amide bonds. The van der Waals surface area contributed by atoms with E-state index in [1.54, 1.807) is 11.8 Å². The quantitative estimate of drug-likeness (QED) is 0.166.